The molecule has 0 saturated heterocycles. The van der Waals surface area contributed by atoms with E-state index in [1.807, 2.05) is 0 Å². The van der Waals surface area contributed by atoms with Crippen LogP contribution in [0.15, 0.2) is 10.6 Å². The van der Waals surface area contributed by atoms with Gasteiger partial charge < -0.3 is 15.6 Å². The van der Waals surface area contributed by atoms with Gasteiger partial charge in [0.05, 0.1) is 11.5 Å². The summed E-state index contributed by atoms with van der Waals surface area (Å²) in [5.41, 5.74) is 6.10. The van der Waals surface area contributed by atoms with Crippen molar-refractivity contribution >= 4 is 17.5 Å². The zero-order chi connectivity index (χ0) is 14.0. The topological polar surface area (TPSA) is 133 Å². The standard InChI is InChI=1S/C10H12N6O3/c1-5-3-7(15-19-5)4-12-9-8(16(17)18)6(2)13-10(11)14-9/h3H,4H2,1-2H3,(H3,11,12,13,14). The molecule has 0 fully saturated rings. The zero-order valence-corrected chi connectivity index (χ0v) is 10.4. The summed E-state index contributed by atoms with van der Waals surface area (Å²) in [6.07, 6.45) is 0. The fraction of sp³-hybridized carbons (Fsp3) is 0.300. The highest BCUT2D eigenvalue weighted by atomic mass is 16.6. The molecule has 0 aliphatic carbocycles. The Morgan fingerprint density at radius 2 is 2.21 bits per heavy atom. The molecule has 100 valence electrons. The first-order valence-corrected chi connectivity index (χ1v) is 5.42. The Labute approximate surface area is 108 Å². The van der Waals surface area contributed by atoms with Crippen molar-refractivity contribution in [2.24, 2.45) is 0 Å². The lowest BCUT2D eigenvalue weighted by molar-refractivity contribution is -0.385. The SMILES string of the molecule is Cc1cc(CNc2nc(N)nc(C)c2[N+](=O)[O-])no1. The minimum absolute atomic E-state index is 0.0260. The molecule has 0 saturated carbocycles. The van der Waals surface area contributed by atoms with Crippen LogP contribution in [0.1, 0.15) is 17.1 Å². The molecule has 0 atom stereocenters. The Hall–Kier alpha value is -2.71. The number of nitrogens with two attached hydrogens (primary N) is 1. The summed E-state index contributed by atoms with van der Waals surface area (Å²) < 4.78 is 4.90. The molecule has 0 amide bonds. The predicted molar refractivity (Wildman–Crippen MR) is 66.4 cm³/mol. The van der Waals surface area contributed by atoms with E-state index >= 15 is 0 Å². The lowest BCUT2D eigenvalue weighted by Gasteiger charge is -2.06. The van der Waals surface area contributed by atoms with Crippen LogP contribution in [0.3, 0.4) is 0 Å². The fourth-order valence-corrected chi connectivity index (χ4v) is 1.61. The van der Waals surface area contributed by atoms with Crippen LogP contribution in [0.4, 0.5) is 17.5 Å². The van der Waals surface area contributed by atoms with Crippen LogP contribution in [0.25, 0.3) is 0 Å². The van der Waals surface area contributed by atoms with Gasteiger partial charge in [0.25, 0.3) is 0 Å². The van der Waals surface area contributed by atoms with Gasteiger partial charge >= 0.3 is 5.69 Å². The molecular formula is C10H12N6O3. The summed E-state index contributed by atoms with van der Waals surface area (Å²) in [7, 11) is 0. The number of nitrogens with one attached hydrogen (secondary N) is 1. The third kappa shape index (κ3) is 2.76. The van der Waals surface area contributed by atoms with Crippen LogP contribution in [-0.2, 0) is 6.54 Å². The van der Waals surface area contributed by atoms with Gasteiger partial charge in [-0.1, -0.05) is 5.16 Å². The first-order valence-electron chi connectivity index (χ1n) is 5.42. The molecule has 2 aromatic heterocycles. The lowest BCUT2D eigenvalue weighted by Crippen LogP contribution is -2.09. The first kappa shape index (κ1) is 12.7. The number of nitro groups is 1. The van der Waals surface area contributed by atoms with E-state index in [1.165, 1.54) is 6.92 Å². The minimum Gasteiger partial charge on any atom is -0.368 e. The van der Waals surface area contributed by atoms with Gasteiger partial charge in [0.15, 0.2) is 0 Å². The lowest BCUT2D eigenvalue weighted by atomic mass is 10.3. The maximum Gasteiger partial charge on any atom is 0.332 e. The van der Waals surface area contributed by atoms with Gasteiger partial charge in [-0.25, -0.2) is 4.98 Å². The second-order valence-corrected chi connectivity index (χ2v) is 3.90. The zero-order valence-electron chi connectivity index (χ0n) is 10.4. The Bertz CT molecular complexity index is 624. The number of aromatic nitrogens is 3. The van der Waals surface area contributed by atoms with Crippen molar-refractivity contribution in [1.29, 1.82) is 0 Å². The average Bonchev–Trinajstić information content (AvgIpc) is 2.71. The maximum absolute atomic E-state index is 11.0. The van der Waals surface area contributed by atoms with E-state index < -0.39 is 4.92 Å². The molecule has 2 heterocycles. The van der Waals surface area contributed by atoms with E-state index in [1.54, 1.807) is 13.0 Å². The van der Waals surface area contributed by atoms with Gasteiger partial charge in [-0.2, -0.15) is 4.98 Å². The molecule has 19 heavy (non-hydrogen) atoms. The van der Waals surface area contributed by atoms with Gasteiger partial charge in [0.2, 0.25) is 11.8 Å². The van der Waals surface area contributed by atoms with Crippen LogP contribution in [0.5, 0.6) is 0 Å². The van der Waals surface area contributed by atoms with Crippen molar-refractivity contribution in [2.75, 3.05) is 11.1 Å². The highest BCUT2D eigenvalue weighted by Crippen LogP contribution is 2.26. The second kappa shape index (κ2) is 4.88. The molecule has 2 rings (SSSR count). The summed E-state index contributed by atoms with van der Waals surface area (Å²) in [4.78, 5) is 18.0. The van der Waals surface area contributed by atoms with Crippen LogP contribution in [0.2, 0.25) is 0 Å². The number of nitrogen functional groups attached to an aromatic ring is 1. The molecule has 0 aliphatic rings. The highest BCUT2D eigenvalue weighted by molar-refractivity contribution is 5.60. The van der Waals surface area contributed by atoms with E-state index in [9.17, 15) is 10.1 Å². The van der Waals surface area contributed by atoms with E-state index in [0.29, 0.717) is 11.5 Å². The summed E-state index contributed by atoms with van der Waals surface area (Å²) >= 11 is 0. The molecule has 9 nitrogen and oxygen atoms in total. The number of anilines is 2. The number of rotatable bonds is 4. The number of hydrogen-bond acceptors (Lipinski definition) is 8. The second-order valence-electron chi connectivity index (χ2n) is 3.90. The summed E-state index contributed by atoms with van der Waals surface area (Å²) in [5.74, 6) is 0.697. The van der Waals surface area contributed by atoms with Crippen molar-refractivity contribution in [3.8, 4) is 0 Å². The molecule has 0 aliphatic heterocycles. The Balaban J connectivity index is 2.26. The van der Waals surface area contributed by atoms with Gasteiger partial charge in [0, 0.05) is 6.07 Å². The summed E-state index contributed by atoms with van der Waals surface area (Å²) in [5, 5.41) is 17.6. The Morgan fingerprint density at radius 1 is 1.47 bits per heavy atom. The largest absolute Gasteiger partial charge is 0.368 e. The number of aryl methyl sites for hydroxylation is 2. The monoisotopic (exact) mass is 264 g/mol. The van der Waals surface area contributed by atoms with Crippen molar-refractivity contribution in [3.05, 3.63) is 33.3 Å². The molecule has 0 bridgehead atoms. The van der Waals surface area contributed by atoms with Crippen molar-refractivity contribution in [3.63, 3.8) is 0 Å². The Morgan fingerprint density at radius 3 is 2.79 bits per heavy atom. The molecule has 9 heteroatoms. The smallest absolute Gasteiger partial charge is 0.332 e. The van der Waals surface area contributed by atoms with Crippen LogP contribution in [-0.4, -0.2) is 20.0 Å². The third-order valence-corrected chi connectivity index (χ3v) is 2.37. The molecule has 0 aromatic carbocycles. The quantitative estimate of drug-likeness (QED) is 0.621. The molecule has 0 radical (unpaired) electrons. The normalized spacial score (nSPS) is 10.4. The van der Waals surface area contributed by atoms with E-state index in [4.69, 9.17) is 10.3 Å². The van der Waals surface area contributed by atoms with Gasteiger partial charge in [-0.05, 0) is 13.8 Å². The molecule has 0 spiro atoms. The van der Waals surface area contributed by atoms with Crippen LogP contribution in [0, 0.1) is 24.0 Å². The Kier molecular flexibility index (Phi) is 3.27. The van der Waals surface area contributed by atoms with Crippen molar-refractivity contribution in [2.45, 2.75) is 20.4 Å². The minimum atomic E-state index is -0.550. The third-order valence-electron chi connectivity index (χ3n) is 2.37. The maximum atomic E-state index is 11.0. The fourth-order valence-electron chi connectivity index (χ4n) is 1.61. The summed E-state index contributed by atoms with van der Waals surface area (Å²) in [6, 6.07) is 1.72. The van der Waals surface area contributed by atoms with Crippen molar-refractivity contribution in [1.82, 2.24) is 15.1 Å². The van der Waals surface area contributed by atoms with Gasteiger partial charge in [-0.3, -0.25) is 10.1 Å². The van der Waals surface area contributed by atoms with Crippen LogP contribution < -0.4 is 11.1 Å². The van der Waals surface area contributed by atoms with Crippen LogP contribution >= 0.6 is 0 Å². The van der Waals surface area contributed by atoms with E-state index in [-0.39, 0.29) is 29.7 Å². The van der Waals surface area contributed by atoms with E-state index in [2.05, 4.69) is 20.4 Å². The number of nitrogens with zero attached hydrogens (tertiary/aromatic N) is 4. The molecule has 2 aromatic rings. The van der Waals surface area contributed by atoms with Crippen molar-refractivity contribution < 1.29 is 9.45 Å². The molecular weight excluding hydrogens is 252 g/mol. The van der Waals surface area contributed by atoms with Gasteiger partial charge in [-0.15, -0.1) is 0 Å². The highest BCUT2D eigenvalue weighted by Gasteiger charge is 2.21. The first-order chi connectivity index (χ1) is 8.97. The van der Waals surface area contributed by atoms with E-state index in [0.717, 1.165) is 0 Å². The average molecular weight is 264 g/mol. The van der Waals surface area contributed by atoms with Gasteiger partial charge in [0.1, 0.15) is 17.1 Å². The molecule has 0 unspecified atom stereocenters. The molecule has 3 N–H and O–H groups in total. The predicted octanol–water partition coefficient (Wildman–Crippen LogP) is 1.18. The number of hydrogen-bond donors (Lipinski definition) is 2. The summed E-state index contributed by atoms with van der Waals surface area (Å²) in [6.45, 7) is 3.50.